The second-order valence-electron chi connectivity index (χ2n) is 6.80. The third-order valence-electron chi connectivity index (χ3n) is 4.93. The molecule has 4 rings (SSSR count). The Balaban J connectivity index is 1.47. The van der Waals surface area contributed by atoms with Gasteiger partial charge in [-0.15, -0.1) is 0 Å². The molecule has 1 aromatic carbocycles. The Kier molecular flexibility index (Phi) is 5.21. The van der Waals surface area contributed by atoms with Gasteiger partial charge >= 0.3 is 0 Å². The maximum Gasteiger partial charge on any atom is 0.272 e. The van der Waals surface area contributed by atoms with Crippen molar-refractivity contribution in [1.29, 1.82) is 0 Å². The summed E-state index contributed by atoms with van der Waals surface area (Å²) in [5, 5.41) is 5.38. The number of para-hydroxylation sites is 1. The summed E-state index contributed by atoms with van der Waals surface area (Å²) in [5.41, 5.74) is 2.48. The summed E-state index contributed by atoms with van der Waals surface area (Å²) in [6, 6.07) is 7.92. The van der Waals surface area contributed by atoms with Gasteiger partial charge in [0.1, 0.15) is 17.0 Å². The number of thiazole rings is 1. The summed E-state index contributed by atoms with van der Waals surface area (Å²) in [4.78, 5) is 21.9. The highest BCUT2D eigenvalue weighted by molar-refractivity contribution is 7.22. The van der Waals surface area contributed by atoms with E-state index >= 15 is 0 Å². The monoisotopic (exact) mass is 399 g/mol. The van der Waals surface area contributed by atoms with Crippen molar-refractivity contribution in [2.75, 3.05) is 37.7 Å². The van der Waals surface area contributed by atoms with Gasteiger partial charge in [-0.1, -0.05) is 17.4 Å². The first-order valence-electron chi connectivity index (χ1n) is 9.71. The number of hydrogen-bond acceptors (Lipinski definition) is 6. The van der Waals surface area contributed by atoms with E-state index in [1.54, 1.807) is 16.0 Å². The number of amides is 1. The van der Waals surface area contributed by atoms with Crippen LogP contribution in [0.4, 0.5) is 5.13 Å². The van der Waals surface area contributed by atoms with E-state index in [0.717, 1.165) is 39.9 Å². The number of piperazine rings is 1. The molecule has 0 unspecified atom stereocenters. The highest BCUT2D eigenvalue weighted by Crippen LogP contribution is 2.34. The Morgan fingerprint density at radius 3 is 2.71 bits per heavy atom. The molecule has 0 spiro atoms. The summed E-state index contributed by atoms with van der Waals surface area (Å²) in [6.07, 6.45) is 0. The van der Waals surface area contributed by atoms with E-state index in [0.29, 0.717) is 31.9 Å². The normalized spacial score (nSPS) is 14.7. The average molecular weight is 400 g/mol. The van der Waals surface area contributed by atoms with Gasteiger partial charge in [-0.05, 0) is 39.0 Å². The predicted octanol–water partition coefficient (Wildman–Crippen LogP) is 3.18. The molecule has 148 valence electrons. The van der Waals surface area contributed by atoms with Crippen LogP contribution < -0.4 is 9.64 Å². The van der Waals surface area contributed by atoms with Crippen molar-refractivity contribution in [1.82, 2.24) is 19.7 Å². The maximum atomic E-state index is 12.9. The molecule has 8 heteroatoms. The van der Waals surface area contributed by atoms with Crippen LogP contribution in [0.2, 0.25) is 0 Å². The Morgan fingerprint density at radius 2 is 2.00 bits per heavy atom. The number of aromatic nitrogens is 3. The van der Waals surface area contributed by atoms with Gasteiger partial charge in [0.25, 0.3) is 5.91 Å². The molecule has 1 amide bonds. The third-order valence-corrected chi connectivity index (χ3v) is 6.01. The second-order valence-corrected chi connectivity index (χ2v) is 7.81. The maximum absolute atomic E-state index is 12.9. The molecule has 0 atom stereocenters. The number of hydrogen-bond donors (Lipinski definition) is 0. The predicted molar refractivity (Wildman–Crippen MR) is 112 cm³/mol. The number of anilines is 1. The zero-order chi connectivity index (χ0) is 19.7. The molecule has 1 aliphatic rings. The first-order chi connectivity index (χ1) is 13.6. The molecule has 0 saturated carbocycles. The molecule has 28 heavy (non-hydrogen) atoms. The molecular formula is C20H25N5O2S. The summed E-state index contributed by atoms with van der Waals surface area (Å²) in [5.74, 6) is 0.893. The average Bonchev–Trinajstić information content (AvgIpc) is 3.32. The quantitative estimate of drug-likeness (QED) is 0.659. The highest BCUT2D eigenvalue weighted by Gasteiger charge is 2.26. The smallest absolute Gasteiger partial charge is 0.272 e. The second kappa shape index (κ2) is 7.79. The van der Waals surface area contributed by atoms with Gasteiger partial charge in [0.2, 0.25) is 0 Å². The Morgan fingerprint density at radius 1 is 1.21 bits per heavy atom. The van der Waals surface area contributed by atoms with E-state index < -0.39 is 0 Å². The van der Waals surface area contributed by atoms with Crippen molar-refractivity contribution in [3.63, 3.8) is 0 Å². The zero-order valence-corrected chi connectivity index (χ0v) is 17.3. The summed E-state index contributed by atoms with van der Waals surface area (Å²) < 4.78 is 8.62. The first-order valence-corrected chi connectivity index (χ1v) is 10.5. The molecule has 3 aromatic rings. The van der Waals surface area contributed by atoms with E-state index in [1.165, 1.54) is 0 Å². The Hall–Kier alpha value is -2.61. The van der Waals surface area contributed by atoms with Crippen LogP contribution in [-0.4, -0.2) is 58.4 Å². The topological polar surface area (TPSA) is 63.5 Å². The zero-order valence-electron chi connectivity index (χ0n) is 16.5. The minimum absolute atomic E-state index is 0.0602. The molecule has 1 fully saturated rings. The fourth-order valence-electron chi connectivity index (χ4n) is 3.54. The van der Waals surface area contributed by atoms with Gasteiger partial charge in [0.05, 0.1) is 17.0 Å². The largest absolute Gasteiger partial charge is 0.492 e. The molecule has 0 aliphatic carbocycles. The number of aryl methyl sites for hydroxylation is 2. The Labute approximate surface area is 168 Å². The number of fused-ring (bicyclic) bond motifs is 1. The molecule has 7 nitrogen and oxygen atoms in total. The van der Waals surface area contributed by atoms with Gasteiger partial charge in [-0.3, -0.25) is 9.48 Å². The van der Waals surface area contributed by atoms with E-state index in [4.69, 9.17) is 9.72 Å². The van der Waals surface area contributed by atoms with Crippen LogP contribution in [0.15, 0.2) is 24.3 Å². The van der Waals surface area contributed by atoms with Crippen molar-refractivity contribution in [2.24, 2.45) is 0 Å². The minimum atomic E-state index is 0.0602. The lowest BCUT2D eigenvalue weighted by Crippen LogP contribution is -2.49. The molecule has 3 heterocycles. The number of carbonyl (C=O) groups is 1. The molecule has 0 bridgehead atoms. The number of benzene rings is 1. The van der Waals surface area contributed by atoms with Crippen molar-refractivity contribution in [2.45, 2.75) is 27.3 Å². The van der Waals surface area contributed by atoms with Crippen LogP contribution in [0.3, 0.4) is 0 Å². The fourth-order valence-corrected chi connectivity index (χ4v) is 4.58. The lowest BCUT2D eigenvalue weighted by Gasteiger charge is -2.34. The van der Waals surface area contributed by atoms with Gasteiger partial charge in [-0.2, -0.15) is 5.10 Å². The van der Waals surface area contributed by atoms with Crippen LogP contribution in [0.5, 0.6) is 5.75 Å². The Bertz CT molecular complexity index is 988. The molecule has 0 radical (unpaired) electrons. The highest BCUT2D eigenvalue weighted by atomic mass is 32.1. The SMILES string of the molecule is CCOc1cccc2sc(N3CCN(C(=O)c4cc(C)nn4CC)CC3)nc12. The standard InChI is InChI=1S/C20H25N5O2S/c1-4-25-15(13-14(3)22-25)19(26)23-9-11-24(12-10-23)20-21-18-16(27-5-2)7-6-8-17(18)28-20/h6-8,13H,4-5,9-12H2,1-3H3. The number of carbonyl (C=O) groups excluding carboxylic acids is 1. The summed E-state index contributed by atoms with van der Waals surface area (Å²) in [6.45, 7) is 10.1. The van der Waals surface area contributed by atoms with Crippen LogP contribution in [0.1, 0.15) is 30.0 Å². The summed E-state index contributed by atoms with van der Waals surface area (Å²) in [7, 11) is 0. The van der Waals surface area contributed by atoms with Gasteiger partial charge in [0, 0.05) is 32.7 Å². The van der Waals surface area contributed by atoms with Crippen molar-refractivity contribution in [3.05, 3.63) is 35.7 Å². The van der Waals surface area contributed by atoms with E-state index in [2.05, 4.69) is 16.1 Å². The molecule has 0 N–H and O–H groups in total. The molecule has 2 aromatic heterocycles. The van der Waals surface area contributed by atoms with Crippen LogP contribution >= 0.6 is 11.3 Å². The molecular weight excluding hydrogens is 374 g/mol. The first kappa shape index (κ1) is 18.7. The van der Waals surface area contributed by atoms with Crippen LogP contribution in [0.25, 0.3) is 10.2 Å². The summed E-state index contributed by atoms with van der Waals surface area (Å²) >= 11 is 1.68. The lowest BCUT2D eigenvalue weighted by molar-refractivity contribution is 0.0734. The number of nitrogens with zero attached hydrogens (tertiary/aromatic N) is 5. The van der Waals surface area contributed by atoms with E-state index in [9.17, 15) is 4.79 Å². The third kappa shape index (κ3) is 3.44. The van der Waals surface area contributed by atoms with Crippen molar-refractivity contribution in [3.8, 4) is 5.75 Å². The van der Waals surface area contributed by atoms with Crippen LogP contribution in [-0.2, 0) is 6.54 Å². The number of ether oxygens (including phenoxy) is 1. The molecule has 1 saturated heterocycles. The number of rotatable bonds is 5. The van der Waals surface area contributed by atoms with Crippen molar-refractivity contribution >= 4 is 32.6 Å². The van der Waals surface area contributed by atoms with Crippen molar-refractivity contribution < 1.29 is 9.53 Å². The van der Waals surface area contributed by atoms with E-state index in [-0.39, 0.29) is 5.91 Å². The lowest BCUT2D eigenvalue weighted by atomic mass is 10.2. The van der Waals surface area contributed by atoms with Gasteiger partial charge in [-0.25, -0.2) is 4.98 Å². The minimum Gasteiger partial charge on any atom is -0.492 e. The van der Waals surface area contributed by atoms with Crippen LogP contribution in [0, 0.1) is 6.92 Å². The fraction of sp³-hybridized carbons (Fsp3) is 0.450. The van der Waals surface area contributed by atoms with Gasteiger partial charge in [0.15, 0.2) is 5.13 Å². The molecule has 1 aliphatic heterocycles. The van der Waals surface area contributed by atoms with E-state index in [1.807, 2.05) is 43.9 Å². The van der Waals surface area contributed by atoms with Gasteiger partial charge < -0.3 is 14.5 Å².